The van der Waals surface area contributed by atoms with Crippen molar-refractivity contribution in [1.82, 2.24) is 14.5 Å². The van der Waals surface area contributed by atoms with Crippen molar-refractivity contribution in [2.75, 3.05) is 0 Å². The average molecular weight is 287 g/mol. The van der Waals surface area contributed by atoms with Gasteiger partial charge in [-0.15, -0.1) is 0 Å². The lowest BCUT2D eigenvalue weighted by Crippen LogP contribution is -2.37. The van der Waals surface area contributed by atoms with Crippen molar-refractivity contribution < 1.29 is 4.79 Å². The quantitative estimate of drug-likeness (QED) is 0.933. The van der Waals surface area contributed by atoms with Crippen molar-refractivity contribution >= 4 is 16.9 Å². The molecule has 21 heavy (non-hydrogen) atoms. The number of amides is 1. The van der Waals surface area contributed by atoms with Crippen LogP contribution >= 0.6 is 0 Å². The number of hydrogen-bond donors (Lipinski definition) is 1. The SMILES string of the molecule is CCn1c(=O)n(CC(=O)NC2CCCC2)c2ccccc21. The second kappa shape index (κ2) is 5.76. The molecule has 2 aromatic rings. The van der Waals surface area contributed by atoms with Gasteiger partial charge in [0, 0.05) is 12.6 Å². The molecule has 0 aliphatic heterocycles. The molecular formula is C16H21N3O2. The van der Waals surface area contributed by atoms with Crippen LogP contribution in [-0.4, -0.2) is 21.1 Å². The molecule has 112 valence electrons. The fraction of sp³-hybridized carbons (Fsp3) is 0.500. The Labute approximate surface area is 123 Å². The van der Waals surface area contributed by atoms with Crippen LogP contribution in [0.5, 0.6) is 0 Å². The van der Waals surface area contributed by atoms with Gasteiger partial charge in [-0.25, -0.2) is 4.79 Å². The number of imidazole rings is 1. The minimum atomic E-state index is -0.111. The van der Waals surface area contributed by atoms with Crippen LogP contribution in [0.2, 0.25) is 0 Å². The number of para-hydroxylation sites is 2. The van der Waals surface area contributed by atoms with Crippen LogP contribution in [0.3, 0.4) is 0 Å². The average Bonchev–Trinajstić information content (AvgIpc) is 3.07. The molecule has 0 radical (unpaired) electrons. The Morgan fingerprint density at radius 2 is 1.81 bits per heavy atom. The zero-order chi connectivity index (χ0) is 14.8. The molecular weight excluding hydrogens is 266 g/mol. The number of hydrogen-bond acceptors (Lipinski definition) is 2. The number of aryl methyl sites for hydroxylation is 1. The van der Waals surface area contributed by atoms with Gasteiger partial charge in [0.05, 0.1) is 11.0 Å². The Morgan fingerprint density at radius 1 is 1.19 bits per heavy atom. The predicted molar refractivity (Wildman–Crippen MR) is 82.3 cm³/mol. The van der Waals surface area contributed by atoms with Gasteiger partial charge in [-0.1, -0.05) is 25.0 Å². The van der Waals surface area contributed by atoms with Crippen molar-refractivity contribution in [3.63, 3.8) is 0 Å². The van der Waals surface area contributed by atoms with Gasteiger partial charge >= 0.3 is 5.69 Å². The van der Waals surface area contributed by atoms with Gasteiger partial charge in [-0.3, -0.25) is 13.9 Å². The number of nitrogens with one attached hydrogen (secondary N) is 1. The summed E-state index contributed by atoms with van der Waals surface area (Å²) < 4.78 is 3.28. The van der Waals surface area contributed by atoms with E-state index in [4.69, 9.17) is 0 Å². The summed E-state index contributed by atoms with van der Waals surface area (Å²) in [6, 6.07) is 7.91. The maximum absolute atomic E-state index is 12.4. The van der Waals surface area contributed by atoms with E-state index in [0.717, 1.165) is 23.9 Å². The van der Waals surface area contributed by atoms with Crippen molar-refractivity contribution in [3.05, 3.63) is 34.7 Å². The minimum Gasteiger partial charge on any atom is -0.352 e. The number of carbonyl (C=O) groups is 1. The molecule has 1 N–H and O–H groups in total. The van der Waals surface area contributed by atoms with Crippen molar-refractivity contribution in [2.24, 2.45) is 0 Å². The first-order valence-corrected chi connectivity index (χ1v) is 7.68. The van der Waals surface area contributed by atoms with E-state index in [-0.39, 0.29) is 24.2 Å². The number of rotatable bonds is 4. The van der Waals surface area contributed by atoms with E-state index in [1.54, 1.807) is 9.13 Å². The highest BCUT2D eigenvalue weighted by atomic mass is 16.2. The van der Waals surface area contributed by atoms with E-state index < -0.39 is 0 Å². The highest BCUT2D eigenvalue weighted by molar-refractivity contribution is 5.81. The zero-order valence-electron chi connectivity index (χ0n) is 12.3. The molecule has 5 heteroatoms. The first kappa shape index (κ1) is 13.9. The molecule has 5 nitrogen and oxygen atoms in total. The summed E-state index contributed by atoms with van der Waals surface area (Å²) in [4.78, 5) is 24.6. The molecule has 0 unspecified atom stereocenters. The second-order valence-corrected chi connectivity index (χ2v) is 5.65. The van der Waals surface area contributed by atoms with Crippen LogP contribution in [-0.2, 0) is 17.9 Å². The Balaban J connectivity index is 1.88. The molecule has 1 amide bonds. The van der Waals surface area contributed by atoms with E-state index in [9.17, 15) is 9.59 Å². The maximum atomic E-state index is 12.4. The third-order valence-corrected chi connectivity index (χ3v) is 4.26. The highest BCUT2D eigenvalue weighted by Crippen LogP contribution is 2.18. The fourth-order valence-corrected chi connectivity index (χ4v) is 3.22. The second-order valence-electron chi connectivity index (χ2n) is 5.65. The van der Waals surface area contributed by atoms with Crippen molar-refractivity contribution in [3.8, 4) is 0 Å². The maximum Gasteiger partial charge on any atom is 0.329 e. The zero-order valence-corrected chi connectivity index (χ0v) is 12.3. The Morgan fingerprint density at radius 3 is 2.43 bits per heavy atom. The number of nitrogens with zero attached hydrogens (tertiary/aromatic N) is 2. The standard InChI is InChI=1S/C16H21N3O2/c1-2-18-13-9-5-6-10-14(13)19(16(18)21)11-15(20)17-12-7-3-4-8-12/h5-6,9-10,12H,2-4,7-8,11H2,1H3,(H,17,20). The van der Waals surface area contributed by atoms with Gasteiger partial charge < -0.3 is 5.32 Å². The van der Waals surface area contributed by atoms with Crippen LogP contribution in [0.1, 0.15) is 32.6 Å². The third kappa shape index (κ3) is 2.60. The Kier molecular flexibility index (Phi) is 3.82. The van der Waals surface area contributed by atoms with E-state index in [0.29, 0.717) is 6.54 Å². The predicted octanol–water partition coefficient (Wildman–Crippen LogP) is 1.88. The van der Waals surface area contributed by atoms with Crippen molar-refractivity contribution in [1.29, 1.82) is 0 Å². The topological polar surface area (TPSA) is 56.0 Å². The minimum absolute atomic E-state index is 0.0667. The lowest BCUT2D eigenvalue weighted by molar-refractivity contribution is -0.122. The summed E-state index contributed by atoms with van der Waals surface area (Å²) in [5.74, 6) is -0.0667. The molecule has 1 aromatic carbocycles. The molecule has 0 atom stereocenters. The van der Waals surface area contributed by atoms with E-state index >= 15 is 0 Å². The molecule has 0 saturated heterocycles. The van der Waals surface area contributed by atoms with Crippen LogP contribution < -0.4 is 11.0 Å². The highest BCUT2D eigenvalue weighted by Gasteiger charge is 2.19. The smallest absolute Gasteiger partial charge is 0.329 e. The first-order chi connectivity index (χ1) is 10.2. The van der Waals surface area contributed by atoms with Crippen LogP contribution in [0.4, 0.5) is 0 Å². The summed E-state index contributed by atoms with van der Waals surface area (Å²) in [5, 5.41) is 3.04. The van der Waals surface area contributed by atoms with Gasteiger partial charge in [-0.05, 0) is 31.9 Å². The summed E-state index contributed by atoms with van der Waals surface area (Å²) in [5.41, 5.74) is 1.60. The molecule has 0 spiro atoms. The molecule has 1 fully saturated rings. The van der Waals surface area contributed by atoms with Crippen LogP contribution in [0.15, 0.2) is 29.1 Å². The van der Waals surface area contributed by atoms with E-state index in [2.05, 4.69) is 5.32 Å². The van der Waals surface area contributed by atoms with Crippen LogP contribution in [0, 0.1) is 0 Å². The van der Waals surface area contributed by atoms with E-state index in [1.165, 1.54) is 12.8 Å². The fourth-order valence-electron chi connectivity index (χ4n) is 3.22. The summed E-state index contributed by atoms with van der Waals surface area (Å²) in [7, 11) is 0. The number of benzene rings is 1. The lowest BCUT2D eigenvalue weighted by atomic mass is 10.2. The summed E-state index contributed by atoms with van der Waals surface area (Å²) in [6.45, 7) is 2.65. The third-order valence-electron chi connectivity index (χ3n) is 4.26. The van der Waals surface area contributed by atoms with Gasteiger partial charge in [0.25, 0.3) is 0 Å². The van der Waals surface area contributed by atoms with Gasteiger partial charge in [0.15, 0.2) is 0 Å². The molecule has 1 saturated carbocycles. The van der Waals surface area contributed by atoms with Gasteiger partial charge in [0.2, 0.25) is 5.91 Å². The molecule has 3 rings (SSSR count). The van der Waals surface area contributed by atoms with Crippen LogP contribution in [0.25, 0.3) is 11.0 Å². The Bertz CT molecular complexity index is 708. The van der Waals surface area contributed by atoms with E-state index in [1.807, 2.05) is 31.2 Å². The van der Waals surface area contributed by atoms with Gasteiger partial charge in [-0.2, -0.15) is 0 Å². The van der Waals surface area contributed by atoms with Gasteiger partial charge in [0.1, 0.15) is 6.54 Å². The molecule has 1 aliphatic carbocycles. The Hall–Kier alpha value is -2.04. The molecule has 1 aromatic heterocycles. The molecule has 1 heterocycles. The summed E-state index contributed by atoms with van der Waals surface area (Å²) >= 11 is 0. The largest absolute Gasteiger partial charge is 0.352 e. The number of carbonyl (C=O) groups excluding carboxylic acids is 1. The lowest BCUT2D eigenvalue weighted by Gasteiger charge is -2.12. The monoisotopic (exact) mass is 287 g/mol. The summed E-state index contributed by atoms with van der Waals surface area (Å²) in [6.07, 6.45) is 4.47. The van der Waals surface area contributed by atoms with Crippen molar-refractivity contribution in [2.45, 2.75) is 51.7 Å². The normalized spacial score (nSPS) is 15.7. The number of fused-ring (bicyclic) bond motifs is 1. The molecule has 0 bridgehead atoms. The first-order valence-electron chi connectivity index (χ1n) is 7.68. The molecule has 1 aliphatic rings. The number of aromatic nitrogens is 2.